The van der Waals surface area contributed by atoms with E-state index in [1.54, 1.807) is 6.07 Å². The molecule has 0 unspecified atom stereocenters. The lowest BCUT2D eigenvalue weighted by Gasteiger charge is -2.33. The van der Waals surface area contributed by atoms with Gasteiger partial charge < -0.3 is 4.74 Å². The smallest absolute Gasteiger partial charge is 0.423 e. The van der Waals surface area contributed by atoms with Gasteiger partial charge in [-0.2, -0.15) is 22.0 Å². The van der Waals surface area contributed by atoms with Gasteiger partial charge >= 0.3 is 18.1 Å². The molecule has 26 heavy (non-hydrogen) atoms. The average Bonchev–Trinajstić information content (AvgIpc) is 2.56. The molecule has 8 heteroatoms. The number of carbonyl (C=O) groups excluding carboxylic acids is 1. The van der Waals surface area contributed by atoms with Crippen molar-refractivity contribution in [2.45, 2.75) is 57.5 Å². The van der Waals surface area contributed by atoms with Crippen molar-refractivity contribution in [1.82, 2.24) is 0 Å². The number of benzene rings is 1. The molecule has 0 radical (unpaired) electrons. The third-order valence-corrected chi connectivity index (χ3v) is 4.70. The second kappa shape index (κ2) is 7.88. The highest BCUT2D eigenvalue weighted by Crippen LogP contribution is 2.47. The fraction of sp³-hybridized carbons (Fsp3) is 0.611. The first-order valence-electron chi connectivity index (χ1n) is 8.51. The maximum atomic E-state index is 13.9. The van der Waals surface area contributed by atoms with E-state index in [0.29, 0.717) is 6.42 Å². The normalized spacial score (nSPS) is 21.5. The van der Waals surface area contributed by atoms with Gasteiger partial charge in [-0.1, -0.05) is 19.4 Å². The topological polar surface area (TPSA) is 26.3 Å². The van der Waals surface area contributed by atoms with Crippen LogP contribution in [0.2, 0.25) is 0 Å². The van der Waals surface area contributed by atoms with Gasteiger partial charge in [0.05, 0.1) is 5.92 Å². The van der Waals surface area contributed by atoms with Crippen molar-refractivity contribution < 1.29 is 35.9 Å². The number of hydrogen-bond acceptors (Lipinski definition) is 2. The molecule has 2 nitrogen and oxygen atoms in total. The van der Waals surface area contributed by atoms with Crippen LogP contribution >= 0.6 is 0 Å². The van der Waals surface area contributed by atoms with Gasteiger partial charge in [0.1, 0.15) is 0 Å². The highest BCUT2D eigenvalue weighted by Gasteiger charge is 2.62. The Morgan fingerprint density at radius 2 is 1.73 bits per heavy atom. The van der Waals surface area contributed by atoms with Gasteiger partial charge in [-0.05, 0) is 49.8 Å². The van der Waals surface area contributed by atoms with E-state index in [0.717, 1.165) is 12.0 Å². The zero-order valence-electron chi connectivity index (χ0n) is 14.2. The Morgan fingerprint density at radius 3 is 2.23 bits per heavy atom. The van der Waals surface area contributed by atoms with E-state index >= 15 is 0 Å². The molecule has 0 bridgehead atoms. The Hall–Kier alpha value is -1.73. The van der Waals surface area contributed by atoms with E-state index in [1.807, 2.05) is 6.92 Å². The molecule has 0 N–H and O–H groups in total. The highest BCUT2D eigenvalue weighted by molar-refractivity contribution is 5.75. The summed E-state index contributed by atoms with van der Waals surface area (Å²) in [7, 11) is 0. The predicted molar refractivity (Wildman–Crippen MR) is 82.5 cm³/mol. The molecule has 1 saturated carbocycles. The van der Waals surface area contributed by atoms with Crippen molar-refractivity contribution in [1.29, 1.82) is 0 Å². The molecule has 0 heterocycles. The molecule has 146 valence electrons. The highest BCUT2D eigenvalue weighted by atomic mass is 19.4. The van der Waals surface area contributed by atoms with Crippen LogP contribution in [-0.2, 0) is 11.2 Å². The molecule has 2 rings (SSSR count). The molecule has 1 fully saturated rings. The Balaban J connectivity index is 1.95. The van der Waals surface area contributed by atoms with Crippen molar-refractivity contribution in [2.24, 2.45) is 11.8 Å². The maximum Gasteiger partial charge on any atom is 0.453 e. The number of alkyl halides is 5. The van der Waals surface area contributed by atoms with E-state index in [1.165, 1.54) is 12.1 Å². The number of halogens is 6. The maximum absolute atomic E-state index is 13.9. The summed E-state index contributed by atoms with van der Waals surface area (Å²) in [6.45, 7) is 1.94. The lowest BCUT2D eigenvalue weighted by Crippen LogP contribution is -2.45. The summed E-state index contributed by atoms with van der Waals surface area (Å²) in [5.74, 6) is -9.22. The molecule has 0 saturated heterocycles. The lowest BCUT2D eigenvalue weighted by molar-refractivity contribution is -0.306. The summed E-state index contributed by atoms with van der Waals surface area (Å²) >= 11 is 0. The lowest BCUT2D eigenvalue weighted by atomic mass is 9.78. The van der Waals surface area contributed by atoms with Crippen LogP contribution in [0.4, 0.5) is 26.3 Å². The minimum atomic E-state index is -5.60. The van der Waals surface area contributed by atoms with E-state index in [2.05, 4.69) is 0 Å². The third-order valence-electron chi connectivity index (χ3n) is 4.70. The zero-order valence-corrected chi connectivity index (χ0v) is 14.2. The van der Waals surface area contributed by atoms with Crippen LogP contribution in [0.5, 0.6) is 5.75 Å². The number of hydrogen-bond donors (Lipinski definition) is 0. The number of ether oxygens (including phenoxy) is 1. The first-order valence-corrected chi connectivity index (χ1v) is 8.51. The largest absolute Gasteiger partial charge is 0.453 e. The van der Waals surface area contributed by atoms with Gasteiger partial charge in [0.15, 0.2) is 11.6 Å². The number of rotatable bonds is 5. The molecule has 0 spiro atoms. The average molecular weight is 382 g/mol. The first-order chi connectivity index (χ1) is 12.1. The van der Waals surface area contributed by atoms with Crippen LogP contribution in [0.25, 0.3) is 0 Å². The van der Waals surface area contributed by atoms with Gasteiger partial charge in [0, 0.05) is 5.92 Å². The Labute approximate surface area is 147 Å². The molecule has 1 aromatic carbocycles. The number of carbonyl (C=O) groups is 1. The van der Waals surface area contributed by atoms with E-state index in [4.69, 9.17) is 4.74 Å². The molecule has 0 aliphatic heterocycles. The van der Waals surface area contributed by atoms with Gasteiger partial charge in [0.25, 0.3) is 0 Å². The second-order valence-corrected chi connectivity index (χ2v) is 6.61. The molecular formula is C18H20F6O2. The van der Waals surface area contributed by atoms with Gasteiger partial charge in [0.2, 0.25) is 0 Å². The summed E-state index contributed by atoms with van der Waals surface area (Å²) in [4.78, 5) is 12.1. The summed E-state index contributed by atoms with van der Waals surface area (Å²) in [5.41, 5.74) is 0.750. The molecule has 0 amide bonds. The number of esters is 1. The van der Waals surface area contributed by atoms with Crippen LogP contribution in [0.3, 0.4) is 0 Å². The van der Waals surface area contributed by atoms with Crippen LogP contribution in [0.15, 0.2) is 18.2 Å². The van der Waals surface area contributed by atoms with Crippen LogP contribution in [-0.4, -0.2) is 18.1 Å². The Morgan fingerprint density at radius 1 is 1.12 bits per heavy atom. The predicted octanol–water partition coefficient (Wildman–Crippen LogP) is 5.69. The minimum absolute atomic E-state index is 0.148. The van der Waals surface area contributed by atoms with Crippen molar-refractivity contribution in [3.63, 3.8) is 0 Å². The summed E-state index contributed by atoms with van der Waals surface area (Å²) < 4.78 is 82.9. The van der Waals surface area contributed by atoms with Crippen molar-refractivity contribution in [3.05, 3.63) is 29.6 Å². The van der Waals surface area contributed by atoms with E-state index < -0.39 is 48.6 Å². The van der Waals surface area contributed by atoms with Crippen LogP contribution < -0.4 is 4.74 Å². The summed E-state index contributed by atoms with van der Waals surface area (Å²) in [6, 6.07) is 4.20. The quantitative estimate of drug-likeness (QED) is 0.372. The Kier molecular flexibility index (Phi) is 6.24. The fourth-order valence-electron chi connectivity index (χ4n) is 3.19. The standard InChI is InChI=1S/C18H20F6O2/c1-2-3-11-4-9-15(14(19)10-11)26-16(25)12-5-7-13(8-6-12)17(20,21)18(22,23)24/h4,9-10,12-13H,2-3,5-8H2,1H3/t12-,13-. The van der Waals surface area contributed by atoms with Crippen molar-refractivity contribution in [3.8, 4) is 5.75 Å². The van der Waals surface area contributed by atoms with E-state index in [9.17, 15) is 31.1 Å². The first kappa shape index (κ1) is 20.6. The molecule has 0 aromatic heterocycles. The Bertz CT molecular complexity index is 633. The molecule has 1 aromatic rings. The summed E-state index contributed by atoms with van der Waals surface area (Å²) in [6.07, 6.45) is -5.29. The molecule has 0 atom stereocenters. The minimum Gasteiger partial charge on any atom is -0.423 e. The van der Waals surface area contributed by atoms with Crippen LogP contribution in [0, 0.1) is 17.7 Å². The molecule has 1 aliphatic rings. The van der Waals surface area contributed by atoms with Gasteiger partial charge in [-0.25, -0.2) is 4.39 Å². The van der Waals surface area contributed by atoms with Crippen molar-refractivity contribution in [2.75, 3.05) is 0 Å². The van der Waals surface area contributed by atoms with Crippen LogP contribution in [0.1, 0.15) is 44.6 Å². The SMILES string of the molecule is CCCc1ccc(OC(=O)[C@H]2CC[C@H](C(F)(F)C(F)(F)F)CC2)c(F)c1. The molecule has 1 aliphatic carbocycles. The van der Waals surface area contributed by atoms with Gasteiger partial charge in [-0.3, -0.25) is 4.79 Å². The zero-order chi connectivity index (χ0) is 19.5. The molecular weight excluding hydrogens is 362 g/mol. The number of aryl methyl sites for hydroxylation is 1. The second-order valence-electron chi connectivity index (χ2n) is 6.61. The van der Waals surface area contributed by atoms with Gasteiger partial charge in [-0.15, -0.1) is 0 Å². The van der Waals surface area contributed by atoms with Crippen molar-refractivity contribution >= 4 is 5.97 Å². The summed E-state index contributed by atoms with van der Waals surface area (Å²) in [5, 5.41) is 0. The van der Waals surface area contributed by atoms with E-state index in [-0.39, 0.29) is 18.6 Å². The monoisotopic (exact) mass is 382 g/mol. The third kappa shape index (κ3) is 4.51. The fourth-order valence-corrected chi connectivity index (χ4v) is 3.19.